The van der Waals surface area contributed by atoms with E-state index in [-0.39, 0.29) is 49.0 Å². The minimum absolute atomic E-state index is 0.106. The molecule has 0 saturated carbocycles. The van der Waals surface area contributed by atoms with Crippen LogP contribution in [-0.4, -0.2) is 40.8 Å². The first-order valence-electron chi connectivity index (χ1n) is 12.1. The highest BCUT2D eigenvalue weighted by atomic mass is 16.3. The van der Waals surface area contributed by atoms with Crippen molar-refractivity contribution in [2.75, 3.05) is 13.2 Å². The number of aliphatic hydroxyl groups excluding tert-OH is 1. The zero-order chi connectivity index (χ0) is 22.2. The summed E-state index contributed by atoms with van der Waals surface area (Å²) in [5.74, 6) is -0.163. The molecule has 0 aliphatic carbocycles. The van der Waals surface area contributed by atoms with Crippen molar-refractivity contribution in [3.63, 3.8) is 0 Å². The first kappa shape index (κ1) is 26.5. The first-order valence-corrected chi connectivity index (χ1v) is 12.1. The van der Waals surface area contributed by atoms with Crippen LogP contribution in [0.5, 0.6) is 0 Å². The van der Waals surface area contributed by atoms with Crippen LogP contribution in [0.15, 0.2) is 12.2 Å². The maximum atomic E-state index is 12.7. The predicted molar refractivity (Wildman–Crippen MR) is 121 cm³/mol. The second-order valence-corrected chi connectivity index (χ2v) is 8.72. The Bertz CT molecular complexity index is 543. The van der Waals surface area contributed by atoms with Crippen LogP contribution in [0.25, 0.3) is 0 Å². The Morgan fingerprint density at radius 3 is 2.43 bits per heavy atom. The second-order valence-electron chi connectivity index (χ2n) is 8.72. The van der Waals surface area contributed by atoms with Crippen molar-refractivity contribution in [1.82, 2.24) is 4.90 Å². The van der Waals surface area contributed by atoms with Gasteiger partial charge in [0.05, 0.1) is 19.1 Å². The second kappa shape index (κ2) is 16.2. The number of unbranched alkanes of at least 4 members (excludes halogenated alkanes) is 9. The number of hydrogen-bond acceptors (Lipinski definition) is 4. The average Bonchev–Trinajstić information content (AvgIpc) is 2.99. The highest BCUT2D eigenvalue weighted by molar-refractivity contribution is 6.03. The molecule has 0 aromatic carbocycles. The van der Waals surface area contributed by atoms with Crippen LogP contribution in [0, 0.1) is 11.8 Å². The van der Waals surface area contributed by atoms with Crippen LogP contribution in [-0.2, 0) is 14.4 Å². The Labute approximate surface area is 183 Å². The number of aliphatic hydroxyl groups is 1. The number of ketones is 1. The monoisotopic (exact) mass is 421 g/mol. The average molecular weight is 422 g/mol. The molecule has 2 atom stereocenters. The summed E-state index contributed by atoms with van der Waals surface area (Å²) in [6, 6.07) is 0. The van der Waals surface area contributed by atoms with Crippen LogP contribution < -0.4 is 0 Å². The molecular formula is C25H43NO4. The number of rotatable bonds is 18. The standard InChI is InChI=1S/C25H43NO4/c1-3-4-5-6-10-13-16-22(17-14-11-8-7-9-12-15-21(2)28)23-20-24(29)26(18-19-27)25(23)30/h14,17,22-23,27H,3-13,15-16,18-20H2,1-2H3/b17-14+. The number of carbonyl (C=O) groups excluding carboxylic acids is 3. The van der Waals surface area contributed by atoms with Gasteiger partial charge in [0.25, 0.3) is 0 Å². The van der Waals surface area contributed by atoms with E-state index < -0.39 is 0 Å². The summed E-state index contributed by atoms with van der Waals surface area (Å²) in [6.45, 7) is 3.79. The minimum Gasteiger partial charge on any atom is -0.395 e. The van der Waals surface area contributed by atoms with Gasteiger partial charge in [-0.15, -0.1) is 0 Å². The number of amides is 2. The number of hydrogen-bond donors (Lipinski definition) is 1. The van der Waals surface area contributed by atoms with Gasteiger partial charge in [-0.2, -0.15) is 0 Å². The van der Waals surface area contributed by atoms with Gasteiger partial charge < -0.3 is 9.90 Å². The van der Waals surface area contributed by atoms with Crippen LogP contribution in [0.3, 0.4) is 0 Å². The zero-order valence-electron chi connectivity index (χ0n) is 19.2. The molecule has 0 bridgehead atoms. The van der Waals surface area contributed by atoms with E-state index in [0.717, 1.165) is 44.9 Å². The normalized spacial score (nSPS) is 18.0. The highest BCUT2D eigenvalue weighted by Crippen LogP contribution is 2.31. The van der Waals surface area contributed by atoms with Crippen molar-refractivity contribution in [1.29, 1.82) is 0 Å². The van der Waals surface area contributed by atoms with Gasteiger partial charge >= 0.3 is 0 Å². The van der Waals surface area contributed by atoms with Gasteiger partial charge in [0.2, 0.25) is 11.8 Å². The van der Waals surface area contributed by atoms with Gasteiger partial charge in [0.15, 0.2) is 0 Å². The SMILES string of the molecule is CCCCCCCCC(/C=C/CCCCCCC(C)=O)C1CC(=O)N(CCO)C1=O. The molecular weight excluding hydrogens is 378 g/mol. The molecule has 5 heteroatoms. The number of imide groups is 1. The van der Waals surface area contributed by atoms with Gasteiger partial charge in [-0.3, -0.25) is 14.5 Å². The molecule has 1 N–H and O–H groups in total. The van der Waals surface area contributed by atoms with E-state index in [1.165, 1.54) is 37.0 Å². The van der Waals surface area contributed by atoms with Gasteiger partial charge in [-0.05, 0) is 38.5 Å². The van der Waals surface area contributed by atoms with E-state index in [1.54, 1.807) is 6.92 Å². The molecule has 30 heavy (non-hydrogen) atoms. The molecule has 0 spiro atoms. The molecule has 5 nitrogen and oxygen atoms in total. The Hall–Kier alpha value is -1.49. The Morgan fingerprint density at radius 2 is 1.73 bits per heavy atom. The number of allylic oxidation sites excluding steroid dienone is 2. The molecule has 172 valence electrons. The lowest BCUT2D eigenvalue weighted by molar-refractivity contribution is -0.140. The summed E-state index contributed by atoms with van der Waals surface area (Å²) < 4.78 is 0. The van der Waals surface area contributed by atoms with Crippen molar-refractivity contribution in [2.24, 2.45) is 11.8 Å². The summed E-state index contributed by atoms with van der Waals surface area (Å²) in [4.78, 5) is 37.1. The topological polar surface area (TPSA) is 74.7 Å². The quantitative estimate of drug-likeness (QED) is 0.187. The lowest BCUT2D eigenvalue weighted by Crippen LogP contribution is -2.34. The molecule has 1 fully saturated rings. The van der Waals surface area contributed by atoms with Gasteiger partial charge in [-0.1, -0.05) is 70.4 Å². The van der Waals surface area contributed by atoms with Crippen LogP contribution in [0.4, 0.5) is 0 Å². The lowest BCUT2D eigenvalue weighted by atomic mass is 9.85. The lowest BCUT2D eigenvalue weighted by Gasteiger charge is -2.19. The van der Waals surface area contributed by atoms with Gasteiger partial charge in [0.1, 0.15) is 5.78 Å². The van der Waals surface area contributed by atoms with E-state index in [2.05, 4.69) is 19.1 Å². The maximum Gasteiger partial charge on any atom is 0.233 e. The van der Waals surface area contributed by atoms with Crippen molar-refractivity contribution in [3.8, 4) is 0 Å². The van der Waals surface area contributed by atoms with Gasteiger partial charge in [0, 0.05) is 12.8 Å². The number of β-amino-alcohol motifs (C(OH)–C–C–N with tert-alkyl or cyclic N) is 1. The first-order chi connectivity index (χ1) is 14.5. The Balaban J connectivity index is 2.51. The van der Waals surface area contributed by atoms with E-state index in [4.69, 9.17) is 5.11 Å². The molecule has 2 amide bonds. The molecule has 1 rings (SSSR count). The zero-order valence-corrected chi connectivity index (χ0v) is 19.2. The van der Waals surface area contributed by atoms with Crippen LogP contribution >= 0.6 is 0 Å². The molecule has 0 aromatic heterocycles. The van der Waals surface area contributed by atoms with E-state index in [9.17, 15) is 14.4 Å². The Kier molecular flexibility index (Phi) is 14.4. The molecule has 1 aliphatic rings. The molecule has 1 saturated heterocycles. The van der Waals surface area contributed by atoms with Crippen molar-refractivity contribution < 1.29 is 19.5 Å². The summed E-state index contributed by atoms with van der Waals surface area (Å²) in [5, 5.41) is 9.14. The number of likely N-dealkylation sites (tertiary alicyclic amines) is 1. The predicted octanol–water partition coefficient (Wildman–Crippen LogP) is 5.21. The maximum absolute atomic E-state index is 12.7. The fourth-order valence-corrected chi connectivity index (χ4v) is 4.23. The summed E-state index contributed by atoms with van der Waals surface area (Å²) >= 11 is 0. The summed E-state index contributed by atoms with van der Waals surface area (Å²) in [5.41, 5.74) is 0. The van der Waals surface area contributed by atoms with Crippen molar-refractivity contribution >= 4 is 17.6 Å². The fraction of sp³-hybridized carbons (Fsp3) is 0.800. The van der Waals surface area contributed by atoms with E-state index in [1.807, 2.05) is 0 Å². The third-order valence-corrected chi connectivity index (χ3v) is 6.04. The molecule has 0 radical (unpaired) electrons. The summed E-state index contributed by atoms with van der Waals surface area (Å²) in [7, 11) is 0. The number of Topliss-reactive ketones (excluding diaryl/α,β-unsaturated/α-hetero) is 1. The minimum atomic E-state index is -0.272. The van der Waals surface area contributed by atoms with E-state index >= 15 is 0 Å². The van der Waals surface area contributed by atoms with Crippen LogP contribution in [0.2, 0.25) is 0 Å². The van der Waals surface area contributed by atoms with Gasteiger partial charge in [-0.25, -0.2) is 0 Å². The highest BCUT2D eigenvalue weighted by Gasteiger charge is 2.41. The number of carbonyl (C=O) groups is 3. The van der Waals surface area contributed by atoms with E-state index in [0.29, 0.717) is 6.42 Å². The smallest absolute Gasteiger partial charge is 0.233 e. The molecule has 0 aromatic rings. The molecule has 2 unspecified atom stereocenters. The summed E-state index contributed by atoms with van der Waals surface area (Å²) in [6.07, 6.45) is 18.8. The fourth-order valence-electron chi connectivity index (χ4n) is 4.23. The van der Waals surface area contributed by atoms with Crippen LogP contribution in [0.1, 0.15) is 104 Å². The third kappa shape index (κ3) is 10.5. The van der Waals surface area contributed by atoms with Crippen molar-refractivity contribution in [2.45, 2.75) is 104 Å². The Morgan fingerprint density at radius 1 is 1.07 bits per heavy atom. The largest absolute Gasteiger partial charge is 0.395 e. The molecule has 1 aliphatic heterocycles. The van der Waals surface area contributed by atoms with Crippen molar-refractivity contribution in [3.05, 3.63) is 12.2 Å². The number of nitrogens with zero attached hydrogens (tertiary/aromatic N) is 1. The molecule has 1 heterocycles. The third-order valence-electron chi connectivity index (χ3n) is 6.04.